The molecule has 1 heterocycles. The van der Waals surface area contributed by atoms with Gasteiger partial charge in [-0.15, -0.1) is 0 Å². The SMILES string of the molecule is CCOC(=O)C1=C(CN(CC)CC)N(C)C(=O)N[C@H]1c1ccc(C(C)C)cc1. The molecule has 154 valence electrons. The molecule has 0 radical (unpaired) electrons. The molecule has 28 heavy (non-hydrogen) atoms. The molecule has 1 atom stereocenters. The van der Waals surface area contributed by atoms with Gasteiger partial charge in [0.05, 0.1) is 18.2 Å². The predicted octanol–water partition coefficient (Wildman–Crippen LogP) is 3.67. The van der Waals surface area contributed by atoms with Gasteiger partial charge in [-0.25, -0.2) is 9.59 Å². The highest BCUT2D eigenvalue weighted by Gasteiger charge is 2.37. The number of hydrogen-bond donors (Lipinski definition) is 1. The highest BCUT2D eigenvalue weighted by atomic mass is 16.5. The van der Waals surface area contributed by atoms with Crippen LogP contribution in [0, 0.1) is 0 Å². The van der Waals surface area contributed by atoms with Crippen LogP contribution in [-0.4, -0.2) is 55.1 Å². The van der Waals surface area contributed by atoms with Crippen molar-refractivity contribution in [1.82, 2.24) is 15.1 Å². The summed E-state index contributed by atoms with van der Waals surface area (Å²) in [4.78, 5) is 29.3. The van der Waals surface area contributed by atoms with Gasteiger partial charge in [-0.3, -0.25) is 9.80 Å². The first-order valence-electron chi connectivity index (χ1n) is 10.1. The Bertz CT molecular complexity index is 721. The second kappa shape index (κ2) is 9.73. The summed E-state index contributed by atoms with van der Waals surface area (Å²) >= 11 is 0. The van der Waals surface area contributed by atoms with Crippen LogP contribution in [0.4, 0.5) is 4.79 Å². The van der Waals surface area contributed by atoms with E-state index in [1.54, 1.807) is 14.0 Å². The van der Waals surface area contributed by atoms with Gasteiger partial charge in [0.1, 0.15) is 0 Å². The minimum atomic E-state index is -0.519. The Morgan fingerprint density at radius 2 is 1.79 bits per heavy atom. The first-order valence-corrected chi connectivity index (χ1v) is 10.1. The second-order valence-corrected chi connectivity index (χ2v) is 7.31. The zero-order valence-electron chi connectivity index (χ0n) is 17.9. The maximum atomic E-state index is 12.9. The van der Waals surface area contributed by atoms with E-state index in [0.717, 1.165) is 18.7 Å². The lowest BCUT2D eigenvalue weighted by molar-refractivity contribution is -0.139. The molecule has 1 aliphatic heterocycles. The van der Waals surface area contributed by atoms with Gasteiger partial charge in [0.15, 0.2) is 0 Å². The number of carbonyl (C=O) groups excluding carboxylic acids is 2. The highest BCUT2D eigenvalue weighted by Crippen LogP contribution is 2.32. The zero-order chi connectivity index (χ0) is 20.8. The van der Waals surface area contributed by atoms with E-state index in [1.165, 1.54) is 10.5 Å². The van der Waals surface area contributed by atoms with E-state index in [-0.39, 0.29) is 18.6 Å². The molecule has 2 rings (SSSR count). The number of hydrogen-bond acceptors (Lipinski definition) is 4. The van der Waals surface area contributed by atoms with E-state index in [1.807, 2.05) is 12.1 Å². The zero-order valence-corrected chi connectivity index (χ0v) is 17.9. The molecule has 1 N–H and O–H groups in total. The quantitative estimate of drug-likeness (QED) is 0.692. The lowest BCUT2D eigenvalue weighted by Crippen LogP contribution is -2.49. The van der Waals surface area contributed by atoms with Crippen molar-refractivity contribution >= 4 is 12.0 Å². The number of nitrogens with one attached hydrogen (secondary N) is 1. The topological polar surface area (TPSA) is 61.9 Å². The van der Waals surface area contributed by atoms with Gasteiger partial charge in [-0.1, -0.05) is 52.0 Å². The van der Waals surface area contributed by atoms with Crippen LogP contribution in [0.2, 0.25) is 0 Å². The molecule has 0 saturated carbocycles. The van der Waals surface area contributed by atoms with Crippen molar-refractivity contribution in [3.8, 4) is 0 Å². The molecular formula is C22H33N3O3. The van der Waals surface area contributed by atoms with Crippen molar-refractivity contribution in [1.29, 1.82) is 0 Å². The van der Waals surface area contributed by atoms with Crippen LogP contribution in [-0.2, 0) is 9.53 Å². The standard InChI is InChI=1S/C22H33N3O3/c1-7-25(8-2)14-18-19(21(26)28-9-3)20(23-22(27)24(18)6)17-12-10-16(11-13-17)15(4)5/h10-13,15,20H,7-9,14H2,1-6H3,(H,23,27)/t20-/m0/s1. The van der Waals surface area contributed by atoms with E-state index in [0.29, 0.717) is 23.7 Å². The third kappa shape index (κ3) is 4.73. The molecule has 6 nitrogen and oxygen atoms in total. The fourth-order valence-electron chi connectivity index (χ4n) is 3.38. The minimum Gasteiger partial charge on any atom is -0.463 e. The molecule has 2 amide bonds. The van der Waals surface area contributed by atoms with E-state index in [4.69, 9.17) is 4.74 Å². The van der Waals surface area contributed by atoms with E-state index < -0.39 is 6.04 Å². The molecule has 0 fully saturated rings. The van der Waals surface area contributed by atoms with Crippen LogP contribution in [0.5, 0.6) is 0 Å². The summed E-state index contributed by atoms with van der Waals surface area (Å²) in [5, 5.41) is 2.97. The number of amides is 2. The number of carbonyl (C=O) groups is 2. The summed E-state index contributed by atoms with van der Waals surface area (Å²) in [6.45, 7) is 12.7. The number of ether oxygens (including phenoxy) is 1. The summed E-state index contributed by atoms with van der Waals surface area (Å²) in [6.07, 6.45) is 0. The molecule has 0 spiro atoms. The Labute approximate surface area is 168 Å². The van der Waals surface area contributed by atoms with Crippen LogP contribution in [0.15, 0.2) is 35.5 Å². The minimum absolute atomic E-state index is 0.215. The van der Waals surface area contributed by atoms with Crippen molar-refractivity contribution in [2.24, 2.45) is 0 Å². The van der Waals surface area contributed by atoms with Gasteiger partial charge in [0.2, 0.25) is 0 Å². The van der Waals surface area contributed by atoms with Crippen molar-refractivity contribution in [3.63, 3.8) is 0 Å². The number of esters is 1. The number of urea groups is 1. The average Bonchev–Trinajstić information content (AvgIpc) is 2.68. The molecule has 1 aromatic carbocycles. The first kappa shape index (κ1) is 22.0. The molecule has 6 heteroatoms. The van der Waals surface area contributed by atoms with Gasteiger partial charge >= 0.3 is 12.0 Å². The average molecular weight is 388 g/mol. The van der Waals surface area contributed by atoms with E-state index in [9.17, 15) is 9.59 Å². The Hall–Kier alpha value is -2.34. The fraction of sp³-hybridized carbons (Fsp3) is 0.545. The van der Waals surface area contributed by atoms with Gasteiger partial charge in [-0.2, -0.15) is 0 Å². The monoisotopic (exact) mass is 387 g/mol. The molecular weight excluding hydrogens is 354 g/mol. The molecule has 1 aliphatic rings. The molecule has 0 saturated heterocycles. The van der Waals surface area contributed by atoms with Crippen LogP contribution in [0.3, 0.4) is 0 Å². The van der Waals surface area contributed by atoms with Gasteiger partial charge in [0, 0.05) is 19.3 Å². The van der Waals surface area contributed by atoms with Gasteiger partial charge in [-0.05, 0) is 37.1 Å². The maximum absolute atomic E-state index is 12.9. The number of rotatable bonds is 8. The van der Waals surface area contributed by atoms with Gasteiger partial charge in [0.25, 0.3) is 0 Å². The summed E-state index contributed by atoms with van der Waals surface area (Å²) < 4.78 is 5.36. The molecule has 1 aromatic rings. The Morgan fingerprint density at radius 3 is 2.29 bits per heavy atom. The van der Waals surface area contributed by atoms with Crippen molar-refractivity contribution in [2.75, 3.05) is 33.3 Å². The lowest BCUT2D eigenvalue weighted by Gasteiger charge is -2.36. The van der Waals surface area contributed by atoms with Crippen LogP contribution in [0.25, 0.3) is 0 Å². The van der Waals surface area contributed by atoms with Crippen LogP contribution < -0.4 is 5.32 Å². The number of benzene rings is 1. The van der Waals surface area contributed by atoms with E-state index >= 15 is 0 Å². The van der Waals surface area contributed by atoms with Crippen LogP contribution in [0.1, 0.15) is 57.7 Å². The Morgan fingerprint density at radius 1 is 1.18 bits per heavy atom. The van der Waals surface area contributed by atoms with Gasteiger partial charge < -0.3 is 10.1 Å². The first-order chi connectivity index (χ1) is 13.3. The molecule has 0 aromatic heterocycles. The maximum Gasteiger partial charge on any atom is 0.338 e. The number of nitrogens with zero attached hydrogens (tertiary/aromatic N) is 2. The third-order valence-electron chi connectivity index (χ3n) is 5.28. The Kier molecular flexibility index (Phi) is 7.63. The van der Waals surface area contributed by atoms with E-state index in [2.05, 4.69) is 50.0 Å². The summed E-state index contributed by atoms with van der Waals surface area (Å²) in [5.74, 6) is 0.0360. The summed E-state index contributed by atoms with van der Waals surface area (Å²) in [7, 11) is 1.70. The third-order valence-corrected chi connectivity index (χ3v) is 5.28. The highest BCUT2D eigenvalue weighted by molar-refractivity contribution is 5.95. The normalized spacial score (nSPS) is 17.4. The summed E-state index contributed by atoms with van der Waals surface area (Å²) in [5.41, 5.74) is 3.30. The summed E-state index contributed by atoms with van der Waals surface area (Å²) in [6, 6.07) is 7.34. The smallest absolute Gasteiger partial charge is 0.338 e. The fourth-order valence-corrected chi connectivity index (χ4v) is 3.38. The van der Waals surface area contributed by atoms with Crippen molar-refractivity contribution in [3.05, 3.63) is 46.7 Å². The van der Waals surface area contributed by atoms with Crippen molar-refractivity contribution in [2.45, 2.75) is 46.6 Å². The molecule has 0 bridgehead atoms. The lowest BCUT2D eigenvalue weighted by atomic mass is 9.92. The van der Waals surface area contributed by atoms with Crippen LogP contribution >= 0.6 is 0 Å². The predicted molar refractivity (Wildman–Crippen MR) is 111 cm³/mol. The molecule has 0 unspecified atom stereocenters. The number of likely N-dealkylation sites (N-methyl/N-ethyl adjacent to an activating group) is 2. The Balaban J connectivity index is 2.55. The largest absolute Gasteiger partial charge is 0.463 e. The molecule has 0 aliphatic carbocycles. The van der Waals surface area contributed by atoms with Crippen molar-refractivity contribution < 1.29 is 14.3 Å². The second-order valence-electron chi connectivity index (χ2n) is 7.31.